The minimum atomic E-state index is -1.42. The molecule has 11 heteroatoms. The van der Waals surface area contributed by atoms with Crippen LogP contribution in [0.2, 0.25) is 0 Å². The number of fused-ring (bicyclic) bond motifs is 1. The van der Waals surface area contributed by atoms with Gasteiger partial charge < -0.3 is 25.4 Å². The lowest BCUT2D eigenvalue weighted by atomic mass is 9.91. The average Bonchev–Trinajstić information content (AvgIpc) is 3.06. The summed E-state index contributed by atoms with van der Waals surface area (Å²) in [5.74, 6) is -0.144. The van der Waals surface area contributed by atoms with Crippen molar-refractivity contribution >= 4 is 17.1 Å². The fourth-order valence-corrected chi connectivity index (χ4v) is 4.18. The van der Waals surface area contributed by atoms with Gasteiger partial charge in [-0.1, -0.05) is 0 Å². The molecule has 3 heterocycles. The number of aliphatic hydroxyl groups excluding tert-OH is 1. The summed E-state index contributed by atoms with van der Waals surface area (Å²) in [6.45, 7) is 2.26. The number of carbonyl (C=O) groups is 1. The SMILES string of the molecule is Cn1c(=O)c2c(ncn2[C@H]2CN(C(=O)CCCCN)C[C@H](O)C[C@]2(C)O)n(C)c1=O. The minimum Gasteiger partial charge on any atom is -0.391 e. The van der Waals surface area contributed by atoms with Crippen molar-refractivity contribution in [2.24, 2.45) is 19.8 Å². The summed E-state index contributed by atoms with van der Waals surface area (Å²) in [5, 5.41) is 21.6. The lowest BCUT2D eigenvalue weighted by molar-refractivity contribution is -0.132. The molecule has 1 aliphatic heterocycles. The molecule has 1 fully saturated rings. The highest BCUT2D eigenvalue weighted by Crippen LogP contribution is 2.33. The highest BCUT2D eigenvalue weighted by molar-refractivity contribution is 5.76. The standard InChI is InChI=1S/C19H30N6O5/c1-19(30)8-12(26)9-24(14(27)6-4-5-7-20)10-13(19)25-11-21-16-15(25)17(28)23(3)18(29)22(16)2/h11-13,26,30H,4-10,20H2,1-3H3/t12-,13+,19+/m1/s1. The molecule has 11 nitrogen and oxygen atoms in total. The van der Waals surface area contributed by atoms with Gasteiger partial charge in [0.1, 0.15) is 0 Å². The van der Waals surface area contributed by atoms with Crippen LogP contribution >= 0.6 is 0 Å². The Hall–Kier alpha value is -2.50. The van der Waals surface area contributed by atoms with E-state index < -0.39 is 29.0 Å². The smallest absolute Gasteiger partial charge is 0.332 e. The van der Waals surface area contributed by atoms with Crippen molar-refractivity contribution in [1.82, 2.24) is 23.6 Å². The molecule has 4 N–H and O–H groups in total. The van der Waals surface area contributed by atoms with Crippen LogP contribution in [0.3, 0.4) is 0 Å². The zero-order valence-corrected chi connectivity index (χ0v) is 17.6. The second kappa shape index (κ2) is 8.32. The monoisotopic (exact) mass is 422 g/mol. The first-order valence-electron chi connectivity index (χ1n) is 10.1. The molecule has 1 amide bonds. The van der Waals surface area contributed by atoms with Gasteiger partial charge >= 0.3 is 5.69 Å². The summed E-state index contributed by atoms with van der Waals surface area (Å²) < 4.78 is 3.77. The van der Waals surface area contributed by atoms with E-state index in [1.54, 1.807) is 6.92 Å². The summed E-state index contributed by atoms with van der Waals surface area (Å²) in [7, 11) is 2.90. The number of imidazole rings is 1. The molecule has 166 valence electrons. The predicted octanol–water partition coefficient (Wildman–Crippen LogP) is -1.55. The van der Waals surface area contributed by atoms with Crippen LogP contribution < -0.4 is 17.0 Å². The minimum absolute atomic E-state index is 0.0238. The number of likely N-dealkylation sites (tertiary alicyclic amines) is 1. The molecule has 0 spiro atoms. The van der Waals surface area contributed by atoms with E-state index in [2.05, 4.69) is 4.98 Å². The zero-order chi connectivity index (χ0) is 22.2. The van der Waals surface area contributed by atoms with Gasteiger partial charge in [-0.25, -0.2) is 9.78 Å². The third kappa shape index (κ3) is 3.92. The van der Waals surface area contributed by atoms with Gasteiger partial charge in [0, 0.05) is 40.0 Å². The van der Waals surface area contributed by atoms with Gasteiger partial charge in [0.25, 0.3) is 5.56 Å². The molecule has 0 unspecified atom stereocenters. The number of aryl methyl sites for hydroxylation is 1. The third-order valence-electron chi connectivity index (χ3n) is 5.90. The largest absolute Gasteiger partial charge is 0.391 e. The molecule has 3 rings (SSSR count). The van der Waals surface area contributed by atoms with Gasteiger partial charge in [0.2, 0.25) is 5.91 Å². The number of β-amino-alcohol motifs (C(OH)–C–C–N with tert-alkyl or cyclic N) is 1. The first kappa shape index (κ1) is 22.2. The van der Waals surface area contributed by atoms with Crippen molar-refractivity contribution in [3.63, 3.8) is 0 Å². The number of rotatable bonds is 5. The normalized spacial score (nSPS) is 24.9. The summed E-state index contributed by atoms with van der Waals surface area (Å²) in [6, 6.07) is -0.733. The maximum atomic E-state index is 12.8. The quantitative estimate of drug-likeness (QED) is 0.494. The summed E-state index contributed by atoms with van der Waals surface area (Å²) in [4.78, 5) is 43.5. The Balaban J connectivity index is 2.07. The molecule has 1 saturated heterocycles. The predicted molar refractivity (Wildman–Crippen MR) is 110 cm³/mol. The number of hydrogen-bond donors (Lipinski definition) is 3. The Bertz CT molecular complexity index is 1050. The van der Waals surface area contributed by atoms with Crippen molar-refractivity contribution in [2.45, 2.75) is 50.4 Å². The highest BCUT2D eigenvalue weighted by atomic mass is 16.3. The van der Waals surface area contributed by atoms with Crippen LogP contribution in [0.25, 0.3) is 11.2 Å². The van der Waals surface area contributed by atoms with Crippen LogP contribution in [0.5, 0.6) is 0 Å². The molecule has 2 aromatic rings. The van der Waals surface area contributed by atoms with E-state index in [0.29, 0.717) is 19.4 Å². The number of aromatic nitrogens is 4. The van der Waals surface area contributed by atoms with Crippen molar-refractivity contribution in [3.8, 4) is 0 Å². The number of nitrogens with zero attached hydrogens (tertiary/aromatic N) is 5. The van der Waals surface area contributed by atoms with Gasteiger partial charge in [-0.15, -0.1) is 0 Å². The third-order valence-corrected chi connectivity index (χ3v) is 5.90. The van der Waals surface area contributed by atoms with Crippen LogP contribution in [0.4, 0.5) is 0 Å². The van der Waals surface area contributed by atoms with Crippen LogP contribution in [0, 0.1) is 0 Å². The van der Waals surface area contributed by atoms with Gasteiger partial charge in [0.15, 0.2) is 11.2 Å². The molecule has 0 aliphatic carbocycles. The van der Waals surface area contributed by atoms with E-state index in [9.17, 15) is 24.6 Å². The molecule has 1 aliphatic rings. The maximum Gasteiger partial charge on any atom is 0.332 e. The number of hydrogen-bond acceptors (Lipinski definition) is 7. The van der Waals surface area contributed by atoms with E-state index in [1.807, 2.05) is 0 Å². The number of aliphatic hydroxyl groups is 2. The molecule has 0 radical (unpaired) electrons. The number of carbonyl (C=O) groups excluding carboxylic acids is 1. The number of amides is 1. The maximum absolute atomic E-state index is 12.8. The molecule has 30 heavy (non-hydrogen) atoms. The molecule has 0 saturated carbocycles. The van der Waals surface area contributed by atoms with E-state index in [4.69, 9.17) is 5.73 Å². The number of nitrogens with two attached hydrogens (primary N) is 1. The molecular formula is C19H30N6O5. The Morgan fingerprint density at radius 1 is 1.27 bits per heavy atom. The van der Waals surface area contributed by atoms with E-state index in [0.717, 1.165) is 11.0 Å². The lowest BCUT2D eigenvalue weighted by Crippen LogP contribution is -2.44. The second-order valence-electron chi connectivity index (χ2n) is 8.31. The average molecular weight is 422 g/mol. The summed E-state index contributed by atoms with van der Waals surface area (Å²) in [5.41, 5.74) is 3.41. The zero-order valence-electron chi connectivity index (χ0n) is 17.6. The van der Waals surface area contributed by atoms with Crippen molar-refractivity contribution in [3.05, 3.63) is 27.2 Å². The Kier molecular flexibility index (Phi) is 6.16. The van der Waals surface area contributed by atoms with Crippen molar-refractivity contribution in [1.29, 1.82) is 0 Å². The number of unbranched alkanes of at least 4 members (excludes halogenated alkanes) is 1. The lowest BCUT2D eigenvalue weighted by Gasteiger charge is -2.34. The Morgan fingerprint density at radius 2 is 1.97 bits per heavy atom. The molecule has 0 bridgehead atoms. The summed E-state index contributed by atoms with van der Waals surface area (Å²) >= 11 is 0. The molecule has 0 aromatic carbocycles. The fraction of sp³-hybridized carbons (Fsp3) is 0.684. The van der Waals surface area contributed by atoms with Crippen LogP contribution in [-0.2, 0) is 18.9 Å². The van der Waals surface area contributed by atoms with E-state index in [1.165, 1.54) is 34.5 Å². The first-order valence-corrected chi connectivity index (χ1v) is 10.1. The summed E-state index contributed by atoms with van der Waals surface area (Å²) in [6.07, 6.45) is 2.17. The van der Waals surface area contributed by atoms with Gasteiger partial charge in [0.05, 0.1) is 24.1 Å². The van der Waals surface area contributed by atoms with E-state index >= 15 is 0 Å². The van der Waals surface area contributed by atoms with Crippen molar-refractivity contribution in [2.75, 3.05) is 19.6 Å². The van der Waals surface area contributed by atoms with Gasteiger partial charge in [-0.2, -0.15) is 0 Å². The molecule has 3 atom stereocenters. The van der Waals surface area contributed by atoms with Crippen LogP contribution in [-0.4, -0.2) is 71.0 Å². The second-order valence-corrected chi connectivity index (χ2v) is 8.31. The van der Waals surface area contributed by atoms with Crippen molar-refractivity contribution < 1.29 is 15.0 Å². The van der Waals surface area contributed by atoms with Crippen LogP contribution in [0.1, 0.15) is 38.6 Å². The van der Waals surface area contributed by atoms with Crippen LogP contribution in [0.15, 0.2) is 15.9 Å². The molecular weight excluding hydrogens is 392 g/mol. The fourth-order valence-electron chi connectivity index (χ4n) is 4.18. The van der Waals surface area contributed by atoms with Gasteiger partial charge in [-0.05, 0) is 26.3 Å². The Labute approximate surface area is 173 Å². The molecule has 2 aromatic heterocycles. The topological polar surface area (TPSA) is 149 Å². The first-order chi connectivity index (χ1) is 14.1. The highest BCUT2D eigenvalue weighted by Gasteiger charge is 2.42. The van der Waals surface area contributed by atoms with Gasteiger partial charge in [-0.3, -0.25) is 18.7 Å². The Morgan fingerprint density at radius 3 is 2.63 bits per heavy atom. The van der Waals surface area contributed by atoms with E-state index in [-0.39, 0.29) is 36.6 Å².